The van der Waals surface area contributed by atoms with E-state index >= 15 is 0 Å². The van der Waals surface area contributed by atoms with E-state index < -0.39 is 0 Å². The number of hydrogen-bond acceptors (Lipinski definition) is 3. The van der Waals surface area contributed by atoms with Gasteiger partial charge < -0.3 is 10.1 Å². The van der Waals surface area contributed by atoms with Gasteiger partial charge in [-0.1, -0.05) is 0 Å². The van der Waals surface area contributed by atoms with E-state index in [0.717, 1.165) is 26.2 Å². The Kier molecular flexibility index (Phi) is 4.18. The molecule has 15 heavy (non-hydrogen) atoms. The fraction of sp³-hybridized carbons (Fsp3) is 0.667. The molecule has 1 saturated heterocycles. The van der Waals surface area contributed by atoms with Crippen LogP contribution in [-0.2, 0) is 11.2 Å². The third-order valence-electron chi connectivity index (χ3n) is 3.13. The van der Waals surface area contributed by atoms with Crippen molar-refractivity contribution in [2.75, 3.05) is 19.8 Å². The lowest BCUT2D eigenvalue weighted by Gasteiger charge is -2.18. The first-order valence-corrected chi connectivity index (χ1v) is 6.63. The number of thiophene rings is 1. The molecule has 0 bridgehead atoms. The second-order valence-corrected chi connectivity index (χ2v) is 5.03. The van der Waals surface area contributed by atoms with Crippen LogP contribution in [0.3, 0.4) is 0 Å². The lowest BCUT2D eigenvalue weighted by atomic mass is 10.0. The second-order valence-electron chi connectivity index (χ2n) is 4.25. The summed E-state index contributed by atoms with van der Waals surface area (Å²) in [6.45, 7) is 5.23. The molecule has 3 heteroatoms. The Morgan fingerprint density at radius 3 is 3.27 bits per heavy atom. The van der Waals surface area contributed by atoms with E-state index in [9.17, 15) is 0 Å². The molecule has 1 aromatic heterocycles. The van der Waals surface area contributed by atoms with Crippen molar-refractivity contribution in [2.45, 2.75) is 25.8 Å². The quantitative estimate of drug-likeness (QED) is 0.830. The lowest BCUT2D eigenvalue weighted by molar-refractivity contribution is 0.178. The average molecular weight is 225 g/mol. The van der Waals surface area contributed by atoms with Crippen LogP contribution >= 0.6 is 11.3 Å². The summed E-state index contributed by atoms with van der Waals surface area (Å²) in [7, 11) is 0. The van der Waals surface area contributed by atoms with E-state index in [0.29, 0.717) is 12.0 Å². The summed E-state index contributed by atoms with van der Waals surface area (Å²) >= 11 is 1.78. The van der Waals surface area contributed by atoms with Gasteiger partial charge in [0.05, 0.1) is 6.61 Å². The predicted octanol–water partition coefficient (Wildman–Crippen LogP) is 2.31. The number of nitrogens with one attached hydrogen (secondary N) is 1. The highest BCUT2D eigenvalue weighted by molar-refractivity contribution is 7.07. The molecular formula is C12H19NOS. The minimum atomic E-state index is 0.589. The Morgan fingerprint density at radius 2 is 2.60 bits per heavy atom. The highest BCUT2D eigenvalue weighted by atomic mass is 32.1. The Balaban J connectivity index is 1.64. The summed E-state index contributed by atoms with van der Waals surface area (Å²) in [6.07, 6.45) is 2.36. The summed E-state index contributed by atoms with van der Waals surface area (Å²) in [5, 5.41) is 7.96. The monoisotopic (exact) mass is 225 g/mol. The van der Waals surface area contributed by atoms with Gasteiger partial charge in [-0.2, -0.15) is 11.3 Å². The van der Waals surface area contributed by atoms with E-state index in [1.807, 2.05) is 0 Å². The largest absolute Gasteiger partial charge is 0.381 e. The van der Waals surface area contributed by atoms with Gasteiger partial charge >= 0.3 is 0 Å². The minimum absolute atomic E-state index is 0.589. The van der Waals surface area contributed by atoms with Crippen LogP contribution in [0.15, 0.2) is 16.8 Å². The van der Waals surface area contributed by atoms with Gasteiger partial charge in [0, 0.05) is 12.6 Å². The zero-order valence-corrected chi connectivity index (χ0v) is 10.1. The molecular weight excluding hydrogens is 206 g/mol. The molecule has 2 atom stereocenters. The van der Waals surface area contributed by atoms with Gasteiger partial charge in [-0.25, -0.2) is 0 Å². The zero-order chi connectivity index (χ0) is 10.5. The summed E-state index contributed by atoms with van der Waals surface area (Å²) in [6, 6.07) is 2.79. The second kappa shape index (κ2) is 5.64. The minimum Gasteiger partial charge on any atom is -0.381 e. The van der Waals surface area contributed by atoms with Crippen LogP contribution in [-0.4, -0.2) is 25.8 Å². The maximum atomic E-state index is 5.39. The van der Waals surface area contributed by atoms with E-state index in [1.165, 1.54) is 12.0 Å². The van der Waals surface area contributed by atoms with Gasteiger partial charge in [-0.05, 0) is 54.6 Å². The van der Waals surface area contributed by atoms with Crippen LogP contribution in [0.5, 0.6) is 0 Å². The molecule has 0 aliphatic carbocycles. The number of ether oxygens (including phenoxy) is 1. The Bertz CT molecular complexity index is 267. The molecule has 0 spiro atoms. The lowest BCUT2D eigenvalue weighted by Crippen LogP contribution is -2.35. The Morgan fingerprint density at radius 1 is 1.67 bits per heavy atom. The van der Waals surface area contributed by atoms with E-state index in [4.69, 9.17) is 4.74 Å². The fourth-order valence-electron chi connectivity index (χ4n) is 1.99. The van der Waals surface area contributed by atoms with Gasteiger partial charge in [0.15, 0.2) is 0 Å². The first-order valence-electron chi connectivity index (χ1n) is 5.68. The van der Waals surface area contributed by atoms with Crippen molar-refractivity contribution in [1.82, 2.24) is 5.32 Å². The first-order chi connectivity index (χ1) is 7.36. The van der Waals surface area contributed by atoms with Crippen molar-refractivity contribution in [3.63, 3.8) is 0 Å². The normalized spacial score (nSPS) is 23.1. The number of rotatable bonds is 5. The van der Waals surface area contributed by atoms with Crippen molar-refractivity contribution in [3.05, 3.63) is 22.4 Å². The topological polar surface area (TPSA) is 21.3 Å². The molecule has 0 amide bonds. The van der Waals surface area contributed by atoms with Crippen molar-refractivity contribution in [2.24, 2.45) is 5.92 Å². The molecule has 0 radical (unpaired) electrons. The van der Waals surface area contributed by atoms with Crippen LogP contribution in [0.25, 0.3) is 0 Å². The van der Waals surface area contributed by atoms with Crippen LogP contribution in [0.4, 0.5) is 0 Å². The molecule has 2 nitrogen and oxygen atoms in total. The standard InChI is InChI=1S/C12H19NOS/c1-10(12-3-6-14-8-12)13-5-2-11-4-7-15-9-11/h4,7,9-10,12-13H,2-3,5-6,8H2,1H3. The zero-order valence-electron chi connectivity index (χ0n) is 9.24. The van der Waals surface area contributed by atoms with Crippen LogP contribution in [0.1, 0.15) is 18.9 Å². The van der Waals surface area contributed by atoms with Crippen molar-refractivity contribution < 1.29 is 4.74 Å². The van der Waals surface area contributed by atoms with Gasteiger partial charge in [0.1, 0.15) is 0 Å². The molecule has 0 aromatic carbocycles. The molecule has 2 heterocycles. The summed E-state index contributed by atoms with van der Waals surface area (Å²) in [5.74, 6) is 0.715. The Hall–Kier alpha value is -0.380. The molecule has 1 aliphatic heterocycles. The third-order valence-corrected chi connectivity index (χ3v) is 3.86. The first kappa shape index (κ1) is 11.1. The molecule has 2 rings (SSSR count). The maximum absolute atomic E-state index is 5.39. The van der Waals surface area contributed by atoms with Gasteiger partial charge in [-0.15, -0.1) is 0 Å². The molecule has 1 fully saturated rings. The maximum Gasteiger partial charge on any atom is 0.0509 e. The van der Waals surface area contributed by atoms with Crippen LogP contribution in [0, 0.1) is 5.92 Å². The Labute approximate surface area is 95.6 Å². The molecule has 84 valence electrons. The third kappa shape index (κ3) is 3.30. The molecule has 1 aromatic rings. The SMILES string of the molecule is CC(NCCc1ccsc1)C1CCOC1. The predicted molar refractivity (Wildman–Crippen MR) is 64.4 cm³/mol. The average Bonchev–Trinajstić information content (AvgIpc) is 2.90. The van der Waals surface area contributed by atoms with E-state index in [1.54, 1.807) is 11.3 Å². The molecule has 2 unspecified atom stereocenters. The summed E-state index contributed by atoms with van der Waals surface area (Å²) < 4.78 is 5.39. The van der Waals surface area contributed by atoms with Crippen molar-refractivity contribution in [1.29, 1.82) is 0 Å². The highest BCUT2D eigenvalue weighted by Gasteiger charge is 2.21. The van der Waals surface area contributed by atoms with Gasteiger partial charge in [-0.3, -0.25) is 0 Å². The smallest absolute Gasteiger partial charge is 0.0509 e. The summed E-state index contributed by atoms with van der Waals surface area (Å²) in [4.78, 5) is 0. The van der Waals surface area contributed by atoms with E-state index in [-0.39, 0.29) is 0 Å². The highest BCUT2D eigenvalue weighted by Crippen LogP contribution is 2.16. The molecule has 0 saturated carbocycles. The van der Waals surface area contributed by atoms with Crippen molar-refractivity contribution in [3.8, 4) is 0 Å². The van der Waals surface area contributed by atoms with Crippen LogP contribution in [0.2, 0.25) is 0 Å². The number of hydrogen-bond donors (Lipinski definition) is 1. The molecule has 1 aliphatic rings. The van der Waals surface area contributed by atoms with Crippen molar-refractivity contribution >= 4 is 11.3 Å². The molecule has 1 N–H and O–H groups in total. The fourth-order valence-corrected chi connectivity index (χ4v) is 2.70. The van der Waals surface area contributed by atoms with E-state index in [2.05, 4.69) is 29.1 Å². The summed E-state index contributed by atoms with van der Waals surface area (Å²) in [5.41, 5.74) is 1.45. The van der Waals surface area contributed by atoms with Gasteiger partial charge in [0.2, 0.25) is 0 Å². The van der Waals surface area contributed by atoms with Crippen LogP contribution < -0.4 is 5.32 Å². The van der Waals surface area contributed by atoms with Gasteiger partial charge in [0.25, 0.3) is 0 Å².